The molecule has 0 spiro atoms. The number of ether oxygens (including phenoxy) is 2. The highest BCUT2D eigenvalue weighted by Gasteiger charge is 2.27. The fourth-order valence-electron chi connectivity index (χ4n) is 9.26. The van der Waals surface area contributed by atoms with Crippen molar-refractivity contribution in [2.45, 2.75) is 277 Å². The van der Waals surface area contributed by atoms with Gasteiger partial charge in [-0.25, -0.2) is 4.57 Å². The lowest BCUT2D eigenvalue weighted by Gasteiger charge is -2.24. The van der Waals surface area contributed by atoms with Gasteiger partial charge in [0.05, 0.1) is 27.7 Å². The van der Waals surface area contributed by atoms with Crippen LogP contribution < -0.4 is 0 Å². The topological polar surface area (TPSA) is 108 Å². The van der Waals surface area contributed by atoms with Crippen molar-refractivity contribution >= 4 is 19.8 Å². The molecule has 0 aromatic carbocycles. The van der Waals surface area contributed by atoms with Crippen molar-refractivity contribution in [2.75, 3.05) is 47.5 Å². The molecule has 0 aliphatic carbocycles. The van der Waals surface area contributed by atoms with Crippen LogP contribution >= 0.6 is 7.82 Å². The average Bonchev–Trinajstić information content (AvgIpc) is 3.62. The Morgan fingerprint density at radius 3 is 0.944 bits per heavy atom. The summed E-state index contributed by atoms with van der Waals surface area (Å²) in [6, 6.07) is 0. The Morgan fingerprint density at radius 1 is 0.356 bits per heavy atom. The third-order valence-corrected chi connectivity index (χ3v) is 15.7. The first kappa shape index (κ1) is 85.4. The maximum atomic E-state index is 12.9. The lowest BCUT2D eigenvalue weighted by atomic mass is 10.1. The molecular weight excluding hydrogens is 1130 g/mol. The number of hydrogen-bond acceptors (Lipinski definition) is 7. The SMILES string of the molecule is CC/C=C\C/C=C\C/C=C\C/C=C\C/C=C\C/C=C\C/C=C\C/C=C\C/C=C\C/C=C\C/C=C\CCCCCCCCCC(=O)OC(COC(=O)CCCCCCCCCCCC/C=C\C/C=C\C/C=C\CCCCCCC)COP(=O)(O)OCC[N+](C)(C)C. The van der Waals surface area contributed by atoms with Crippen molar-refractivity contribution in [3.8, 4) is 0 Å². The molecule has 1 N–H and O–H groups in total. The van der Waals surface area contributed by atoms with E-state index in [4.69, 9.17) is 18.5 Å². The van der Waals surface area contributed by atoms with Crippen LogP contribution in [0.3, 0.4) is 0 Å². The third kappa shape index (κ3) is 72.4. The molecule has 0 heterocycles. The standard InChI is InChI=1S/C80H132NO8P/c1-6-8-10-12-14-16-18-20-22-24-26-28-30-32-33-34-35-36-37-38-39-40-41-42-43-44-45-46-47-49-51-53-55-57-59-61-63-65-67-69-71-73-80(83)89-78(77-88-90(84,85)87-75-74-81(3,4)5)76-86-79(82)72-70-68-66-64-62-60-58-56-54-52-50-48-31-29-27-25-23-21-19-17-15-13-11-9-7-2/h8,10,14,16,19-22,25-28,31-33,35-36,38-39,41-42,44-45,47-49,53,55,78H,6-7,9,11-13,15,17-18,23-24,29-30,34,37,40,43,46,50-52,54,56-77H2,1-5H3/p+1/b10-8-,16-14-,21-19-,22-20-,27-25-,28-26-,33-32-,36-35-,39-38-,42-41-,45-44-,48-31-,49-47-,55-53-. The molecule has 90 heavy (non-hydrogen) atoms. The number of phosphoric ester groups is 1. The van der Waals surface area contributed by atoms with Gasteiger partial charge in [-0.2, -0.15) is 0 Å². The predicted octanol–water partition coefficient (Wildman–Crippen LogP) is 23.7. The second-order valence-corrected chi connectivity index (χ2v) is 26.0. The summed E-state index contributed by atoms with van der Waals surface area (Å²) in [5.74, 6) is -0.822. The maximum absolute atomic E-state index is 12.9. The molecule has 2 unspecified atom stereocenters. The minimum Gasteiger partial charge on any atom is -0.462 e. The fraction of sp³-hybridized carbons (Fsp3) is 0.625. The first-order valence-electron chi connectivity index (χ1n) is 35.9. The molecule has 10 heteroatoms. The summed E-state index contributed by atoms with van der Waals surface area (Å²) >= 11 is 0. The summed E-state index contributed by atoms with van der Waals surface area (Å²) in [4.78, 5) is 35.9. The Balaban J connectivity index is 4.15. The number of unbranched alkanes of at least 4 members (excludes halogenated alkanes) is 22. The van der Waals surface area contributed by atoms with E-state index in [1.165, 1.54) is 96.3 Å². The number of likely N-dealkylation sites (N-methyl/N-ethyl adjacent to an activating group) is 1. The van der Waals surface area contributed by atoms with E-state index in [0.29, 0.717) is 17.4 Å². The molecule has 9 nitrogen and oxygen atoms in total. The van der Waals surface area contributed by atoms with Gasteiger partial charge in [-0.1, -0.05) is 293 Å². The number of hydrogen-bond donors (Lipinski definition) is 1. The van der Waals surface area contributed by atoms with Crippen LogP contribution in [0.25, 0.3) is 0 Å². The smallest absolute Gasteiger partial charge is 0.462 e. The van der Waals surface area contributed by atoms with Gasteiger partial charge >= 0.3 is 19.8 Å². The van der Waals surface area contributed by atoms with Gasteiger partial charge in [0.25, 0.3) is 0 Å². The molecule has 0 rings (SSSR count). The zero-order chi connectivity index (χ0) is 65.5. The van der Waals surface area contributed by atoms with Gasteiger partial charge in [-0.05, 0) is 135 Å². The summed E-state index contributed by atoms with van der Waals surface area (Å²) in [5, 5.41) is 0. The van der Waals surface area contributed by atoms with Crippen molar-refractivity contribution in [1.82, 2.24) is 0 Å². The molecule has 2 atom stereocenters. The number of quaternary nitrogens is 1. The summed E-state index contributed by atoms with van der Waals surface area (Å²) < 4.78 is 34.7. The molecule has 0 aliphatic rings. The molecule has 0 saturated carbocycles. The van der Waals surface area contributed by atoms with E-state index in [1.807, 2.05) is 21.1 Å². The molecule has 0 bridgehead atoms. The summed E-state index contributed by atoms with van der Waals surface area (Å²) in [6.45, 7) is 4.28. The number of nitrogens with zero attached hydrogens (tertiary/aromatic N) is 1. The van der Waals surface area contributed by atoms with Gasteiger partial charge in [-0.3, -0.25) is 18.6 Å². The van der Waals surface area contributed by atoms with Gasteiger partial charge < -0.3 is 18.9 Å². The first-order valence-corrected chi connectivity index (χ1v) is 37.4. The number of carbonyl (C=O) groups is 2. The Hall–Kier alpha value is -4.63. The summed E-state index contributed by atoms with van der Waals surface area (Å²) in [5.41, 5.74) is 0. The number of carbonyl (C=O) groups excluding carboxylic acids is 2. The van der Waals surface area contributed by atoms with E-state index in [1.54, 1.807) is 0 Å². The van der Waals surface area contributed by atoms with Gasteiger partial charge in [-0.15, -0.1) is 0 Å². The maximum Gasteiger partial charge on any atom is 0.472 e. The van der Waals surface area contributed by atoms with Gasteiger partial charge in [0, 0.05) is 12.8 Å². The minimum atomic E-state index is -4.41. The van der Waals surface area contributed by atoms with Crippen LogP contribution in [0.1, 0.15) is 271 Å². The largest absolute Gasteiger partial charge is 0.472 e. The summed E-state index contributed by atoms with van der Waals surface area (Å²) in [6.07, 6.45) is 104. The average molecular weight is 1270 g/mol. The summed E-state index contributed by atoms with van der Waals surface area (Å²) in [7, 11) is 1.45. The number of esters is 2. The molecule has 0 radical (unpaired) electrons. The number of phosphoric acid groups is 1. The Morgan fingerprint density at radius 2 is 0.633 bits per heavy atom. The van der Waals surface area contributed by atoms with Crippen molar-refractivity contribution in [3.05, 3.63) is 170 Å². The van der Waals surface area contributed by atoms with Crippen LogP contribution in [0.15, 0.2) is 170 Å². The Kier molecular flexibility index (Phi) is 65.2. The Labute approximate surface area is 553 Å². The predicted molar refractivity (Wildman–Crippen MR) is 389 cm³/mol. The third-order valence-electron chi connectivity index (χ3n) is 14.7. The molecule has 0 aromatic heterocycles. The molecule has 0 fully saturated rings. The fourth-order valence-corrected chi connectivity index (χ4v) is 10.0. The molecule has 0 aromatic rings. The van der Waals surface area contributed by atoms with E-state index in [2.05, 4.69) is 184 Å². The van der Waals surface area contributed by atoms with Crippen molar-refractivity contribution in [3.63, 3.8) is 0 Å². The van der Waals surface area contributed by atoms with Crippen LogP contribution in [0.4, 0.5) is 0 Å². The van der Waals surface area contributed by atoms with Crippen molar-refractivity contribution in [2.24, 2.45) is 0 Å². The highest BCUT2D eigenvalue weighted by atomic mass is 31.2. The van der Waals surface area contributed by atoms with Crippen molar-refractivity contribution in [1.29, 1.82) is 0 Å². The van der Waals surface area contributed by atoms with Crippen LogP contribution in [0.5, 0.6) is 0 Å². The van der Waals surface area contributed by atoms with E-state index in [9.17, 15) is 19.0 Å². The minimum absolute atomic E-state index is 0.0202. The monoisotopic (exact) mass is 1270 g/mol. The normalized spacial score (nSPS) is 14.2. The molecule has 0 amide bonds. The molecule has 0 saturated heterocycles. The van der Waals surface area contributed by atoms with Gasteiger partial charge in [0.15, 0.2) is 6.10 Å². The zero-order valence-corrected chi connectivity index (χ0v) is 58.9. The second-order valence-electron chi connectivity index (χ2n) is 24.5. The number of rotatable bonds is 64. The van der Waals surface area contributed by atoms with Crippen LogP contribution in [-0.4, -0.2) is 74.9 Å². The number of allylic oxidation sites excluding steroid dienone is 28. The van der Waals surface area contributed by atoms with Crippen LogP contribution in [0.2, 0.25) is 0 Å². The molecule has 0 aliphatic heterocycles. The van der Waals surface area contributed by atoms with E-state index in [-0.39, 0.29) is 32.0 Å². The first-order chi connectivity index (χ1) is 44.0. The lowest BCUT2D eigenvalue weighted by Crippen LogP contribution is -2.37. The van der Waals surface area contributed by atoms with E-state index < -0.39 is 26.5 Å². The van der Waals surface area contributed by atoms with E-state index >= 15 is 0 Å². The van der Waals surface area contributed by atoms with Crippen LogP contribution in [0, 0.1) is 0 Å². The molecule has 510 valence electrons. The molecular formula is C80H133NO8P+. The van der Waals surface area contributed by atoms with Crippen molar-refractivity contribution < 1.29 is 42.1 Å². The zero-order valence-electron chi connectivity index (χ0n) is 58.1. The van der Waals surface area contributed by atoms with Gasteiger partial charge in [0.2, 0.25) is 0 Å². The lowest BCUT2D eigenvalue weighted by molar-refractivity contribution is -0.870. The van der Waals surface area contributed by atoms with Gasteiger partial charge in [0.1, 0.15) is 19.8 Å². The highest BCUT2D eigenvalue weighted by molar-refractivity contribution is 7.47. The quantitative estimate of drug-likeness (QED) is 0.0211. The highest BCUT2D eigenvalue weighted by Crippen LogP contribution is 2.43. The van der Waals surface area contributed by atoms with Crippen LogP contribution in [-0.2, 0) is 32.7 Å². The second kappa shape index (κ2) is 68.7. The van der Waals surface area contributed by atoms with E-state index in [0.717, 1.165) is 141 Å². The Bertz CT molecular complexity index is 2130.